The summed E-state index contributed by atoms with van der Waals surface area (Å²) in [6.45, 7) is 3.99. The van der Waals surface area contributed by atoms with Gasteiger partial charge in [0.2, 0.25) is 11.8 Å². The number of hydrogen-bond donors (Lipinski definition) is 4. The summed E-state index contributed by atoms with van der Waals surface area (Å²) in [5.41, 5.74) is 5.29. The number of amides is 2. The minimum Gasteiger partial charge on any atom is -0.495 e. The fraction of sp³-hybridized carbons (Fsp3) is 0.214. The van der Waals surface area contributed by atoms with Crippen LogP contribution in [0.15, 0.2) is 36.9 Å². The third kappa shape index (κ3) is 6.23. The van der Waals surface area contributed by atoms with Gasteiger partial charge in [0, 0.05) is 6.54 Å². The van der Waals surface area contributed by atoms with Crippen LogP contribution in [0.4, 0.5) is 5.69 Å². The van der Waals surface area contributed by atoms with Crippen molar-refractivity contribution in [2.24, 2.45) is 0 Å². The van der Waals surface area contributed by atoms with Crippen LogP contribution in [0.5, 0.6) is 5.75 Å². The first kappa shape index (κ1) is 17.4. The first-order chi connectivity index (χ1) is 10.6. The number of benzene rings is 1. The van der Waals surface area contributed by atoms with Crippen molar-refractivity contribution in [3.8, 4) is 5.75 Å². The highest BCUT2D eigenvalue weighted by atomic mass is 32.1. The van der Waals surface area contributed by atoms with Crippen molar-refractivity contribution in [2.45, 2.75) is 6.42 Å². The van der Waals surface area contributed by atoms with Gasteiger partial charge >= 0.3 is 0 Å². The maximum atomic E-state index is 11.8. The van der Waals surface area contributed by atoms with Crippen LogP contribution in [-0.2, 0) is 9.59 Å². The van der Waals surface area contributed by atoms with E-state index in [2.05, 4.69) is 28.1 Å². The number of thiocarbonyl (C=S) groups is 1. The highest BCUT2D eigenvalue weighted by Crippen LogP contribution is 2.22. The maximum Gasteiger partial charge on any atom is 0.247 e. The third-order valence-corrected chi connectivity index (χ3v) is 2.67. The summed E-state index contributed by atoms with van der Waals surface area (Å²) in [6.07, 6.45) is 1.27. The van der Waals surface area contributed by atoms with Gasteiger partial charge in [-0.2, -0.15) is 0 Å². The standard InChI is InChI=1S/C14H18N4O3S/c1-3-8-15-14(22)18-17-13(20)9-12(19)16-10-6-4-5-7-11(10)21-2/h3-7H,1,8-9H2,2H3,(H,16,19)(H,17,20)(H2,15,18,22). The summed E-state index contributed by atoms with van der Waals surface area (Å²) in [5, 5.41) is 5.60. The van der Waals surface area contributed by atoms with Crippen LogP contribution in [0.2, 0.25) is 0 Å². The summed E-state index contributed by atoms with van der Waals surface area (Å²) in [7, 11) is 1.50. The summed E-state index contributed by atoms with van der Waals surface area (Å²) in [6, 6.07) is 6.92. The van der Waals surface area contributed by atoms with E-state index in [0.717, 1.165) is 0 Å². The quantitative estimate of drug-likeness (QED) is 0.267. The average molecular weight is 322 g/mol. The fourth-order valence-corrected chi connectivity index (χ4v) is 1.60. The summed E-state index contributed by atoms with van der Waals surface area (Å²) < 4.78 is 5.11. The van der Waals surface area contributed by atoms with Crippen molar-refractivity contribution in [3.63, 3.8) is 0 Å². The van der Waals surface area contributed by atoms with Crippen molar-refractivity contribution in [1.29, 1.82) is 0 Å². The van der Waals surface area contributed by atoms with E-state index >= 15 is 0 Å². The number of hydrazine groups is 1. The van der Waals surface area contributed by atoms with Crippen molar-refractivity contribution in [3.05, 3.63) is 36.9 Å². The number of hydrogen-bond acceptors (Lipinski definition) is 4. The van der Waals surface area contributed by atoms with E-state index < -0.39 is 11.8 Å². The highest BCUT2D eigenvalue weighted by Gasteiger charge is 2.11. The Balaban J connectivity index is 2.39. The smallest absolute Gasteiger partial charge is 0.247 e. The number of para-hydroxylation sites is 2. The molecule has 118 valence electrons. The molecule has 1 rings (SSSR count). The van der Waals surface area contributed by atoms with Crippen molar-refractivity contribution >= 4 is 34.8 Å². The zero-order chi connectivity index (χ0) is 16.4. The third-order valence-electron chi connectivity index (χ3n) is 2.42. The Hall–Kier alpha value is -2.61. The van der Waals surface area contributed by atoms with Gasteiger partial charge in [0.15, 0.2) is 5.11 Å². The summed E-state index contributed by atoms with van der Waals surface area (Å²) >= 11 is 4.89. The molecule has 0 aliphatic heterocycles. The zero-order valence-electron chi connectivity index (χ0n) is 12.1. The molecule has 0 aliphatic carbocycles. The molecule has 1 aromatic rings. The lowest BCUT2D eigenvalue weighted by Gasteiger charge is -2.11. The van der Waals surface area contributed by atoms with E-state index in [4.69, 9.17) is 17.0 Å². The number of carbonyl (C=O) groups is 2. The molecule has 0 spiro atoms. The second-order valence-electron chi connectivity index (χ2n) is 4.10. The first-order valence-corrected chi connectivity index (χ1v) is 6.84. The van der Waals surface area contributed by atoms with Crippen LogP contribution in [0, 0.1) is 0 Å². The second kappa shape index (κ2) is 9.35. The molecule has 0 aromatic heterocycles. The van der Waals surface area contributed by atoms with Crippen LogP contribution >= 0.6 is 12.2 Å². The number of anilines is 1. The minimum atomic E-state index is -0.518. The monoisotopic (exact) mass is 322 g/mol. The van der Waals surface area contributed by atoms with Gasteiger partial charge in [-0.1, -0.05) is 18.2 Å². The number of nitrogens with one attached hydrogen (secondary N) is 4. The SMILES string of the molecule is C=CCNC(=S)NNC(=O)CC(=O)Nc1ccccc1OC. The van der Waals surface area contributed by atoms with Gasteiger partial charge in [0.25, 0.3) is 0 Å². The molecule has 0 aliphatic rings. The summed E-state index contributed by atoms with van der Waals surface area (Å²) in [5.74, 6) is -0.465. The van der Waals surface area contributed by atoms with E-state index in [0.29, 0.717) is 18.0 Å². The molecule has 0 radical (unpaired) electrons. The number of rotatable bonds is 6. The Morgan fingerprint density at radius 1 is 1.27 bits per heavy atom. The lowest BCUT2D eigenvalue weighted by Crippen LogP contribution is -2.47. The molecule has 0 bridgehead atoms. The number of methoxy groups -OCH3 is 1. The Labute approximate surface area is 134 Å². The van der Waals surface area contributed by atoms with Crippen LogP contribution in [0.3, 0.4) is 0 Å². The van der Waals surface area contributed by atoms with Crippen molar-refractivity contribution < 1.29 is 14.3 Å². The van der Waals surface area contributed by atoms with Gasteiger partial charge < -0.3 is 15.4 Å². The van der Waals surface area contributed by atoms with E-state index in [1.165, 1.54) is 7.11 Å². The normalized spacial score (nSPS) is 9.32. The van der Waals surface area contributed by atoms with Gasteiger partial charge in [-0.15, -0.1) is 6.58 Å². The van der Waals surface area contributed by atoms with E-state index in [1.54, 1.807) is 30.3 Å². The molecule has 1 aromatic carbocycles. The first-order valence-electron chi connectivity index (χ1n) is 6.43. The molecular weight excluding hydrogens is 304 g/mol. The largest absolute Gasteiger partial charge is 0.495 e. The number of carbonyl (C=O) groups excluding carboxylic acids is 2. The predicted molar refractivity (Wildman–Crippen MR) is 88.3 cm³/mol. The summed E-state index contributed by atoms with van der Waals surface area (Å²) in [4.78, 5) is 23.4. The maximum absolute atomic E-state index is 11.8. The minimum absolute atomic E-state index is 0.235. The lowest BCUT2D eigenvalue weighted by atomic mass is 10.2. The lowest BCUT2D eigenvalue weighted by molar-refractivity contribution is -0.127. The van der Waals surface area contributed by atoms with Crippen LogP contribution in [0.25, 0.3) is 0 Å². The van der Waals surface area contributed by atoms with Gasteiger partial charge in [0.1, 0.15) is 12.2 Å². The highest BCUT2D eigenvalue weighted by molar-refractivity contribution is 7.80. The molecule has 4 N–H and O–H groups in total. The Morgan fingerprint density at radius 3 is 2.68 bits per heavy atom. The molecule has 8 heteroatoms. The molecule has 0 unspecified atom stereocenters. The fourth-order valence-electron chi connectivity index (χ4n) is 1.47. The van der Waals surface area contributed by atoms with Crippen LogP contribution in [-0.4, -0.2) is 30.6 Å². The molecule has 7 nitrogen and oxygen atoms in total. The van der Waals surface area contributed by atoms with Gasteiger partial charge in [-0.25, -0.2) is 0 Å². The topological polar surface area (TPSA) is 91.5 Å². The molecular formula is C14H18N4O3S. The van der Waals surface area contributed by atoms with Crippen LogP contribution in [0.1, 0.15) is 6.42 Å². The second-order valence-corrected chi connectivity index (χ2v) is 4.51. The molecule has 0 atom stereocenters. The average Bonchev–Trinajstić information content (AvgIpc) is 2.51. The van der Waals surface area contributed by atoms with Crippen molar-refractivity contribution in [1.82, 2.24) is 16.2 Å². The Morgan fingerprint density at radius 2 is 2.00 bits per heavy atom. The van der Waals surface area contributed by atoms with Gasteiger partial charge in [-0.05, 0) is 24.4 Å². The molecule has 0 fully saturated rings. The predicted octanol–water partition coefficient (Wildman–Crippen LogP) is 0.705. The molecule has 0 saturated carbocycles. The van der Waals surface area contributed by atoms with E-state index in [9.17, 15) is 9.59 Å². The molecule has 0 heterocycles. The van der Waals surface area contributed by atoms with Gasteiger partial charge in [-0.3, -0.25) is 20.4 Å². The molecule has 2 amide bonds. The van der Waals surface area contributed by atoms with Crippen molar-refractivity contribution in [2.75, 3.05) is 19.0 Å². The zero-order valence-corrected chi connectivity index (χ0v) is 13.0. The Kier molecular flexibility index (Phi) is 7.41. The number of ether oxygens (including phenoxy) is 1. The molecule has 0 saturated heterocycles. The van der Waals surface area contributed by atoms with Crippen LogP contribution < -0.4 is 26.2 Å². The molecule has 22 heavy (non-hydrogen) atoms. The van der Waals surface area contributed by atoms with E-state index in [1.807, 2.05) is 0 Å². The van der Waals surface area contributed by atoms with Gasteiger partial charge in [0.05, 0.1) is 12.8 Å². The Bertz CT molecular complexity index is 563. The van der Waals surface area contributed by atoms with E-state index in [-0.39, 0.29) is 11.5 Å².